The monoisotopic (exact) mass is 150 g/mol. The van der Waals surface area contributed by atoms with Gasteiger partial charge < -0.3 is 4.74 Å². The highest BCUT2D eigenvalue weighted by atomic mass is 32.1. The molecule has 0 unspecified atom stereocenters. The Hall–Kier alpha value is -0.640. The summed E-state index contributed by atoms with van der Waals surface area (Å²) in [6.07, 6.45) is 0. The average Bonchev–Trinajstić information content (AvgIpc) is 2.15. The lowest BCUT2D eigenvalue weighted by Crippen LogP contribution is -2.00. The fourth-order valence-electron chi connectivity index (χ4n) is 0.422. The van der Waals surface area contributed by atoms with Gasteiger partial charge in [0.15, 0.2) is 0 Å². The molecule has 0 aliphatic carbocycles. The molecule has 1 nitrogen and oxygen atoms in total. The molecule has 0 saturated heterocycles. The Bertz CT molecular complexity index is 161. The molecule has 1 rings (SSSR count). The van der Waals surface area contributed by atoms with Gasteiger partial charge in [-0.1, -0.05) is 0 Å². The van der Waals surface area contributed by atoms with Crippen molar-refractivity contribution in [3.63, 3.8) is 0 Å². The van der Waals surface area contributed by atoms with E-state index in [1.54, 1.807) is 5.38 Å². The lowest BCUT2D eigenvalue weighted by Gasteiger charge is -1.97. The Labute approximate surface area is 54.9 Å². The van der Waals surface area contributed by atoms with E-state index in [-0.39, 0.29) is 5.75 Å². The average molecular weight is 150 g/mol. The molecule has 0 spiro atoms. The zero-order valence-corrected chi connectivity index (χ0v) is 5.20. The molecule has 0 bridgehead atoms. The van der Waals surface area contributed by atoms with Gasteiger partial charge in [0.1, 0.15) is 5.75 Å². The smallest absolute Gasteiger partial charge is 0.387 e. The van der Waals surface area contributed by atoms with E-state index in [0.717, 1.165) is 0 Å². The van der Waals surface area contributed by atoms with E-state index in [1.807, 2.05) is 0 Å². The molecule has 4 heteroatoms. The van der Waals surface area contributed by atoms with E-state index in [1.165, 1.54) is 22.8 Å². The number of halogens is 2. The molecular weight excluding hydrogens is 146 g/mol. The van der Waals surface area contributed by atoms with E-state index in [0.29, 0.717) is 0 Å². The molecule has 0 aliphatic rings. The first kappa shape index (κ1) is 6.48. The van der Waals surface area contributed by atoms with Gasteiger partial charge in [0.05, 0.1) is 0 Å². The molecule has 0 aliphatic heterocycles. The van der Waals surface area contributed by atoms with Crippen LogP contribution in [0.2, 0.25) is 0 Å². The van der Waals surface area contributed by atoms with Crippen LogP contribution in [0.1, 0.15) is 0 Å². The molecule has 0 saturated carbocycles. The highest BCUT2D eigenvalue weighted by Gasteiger charge is 2.02. The van der Waals surface area contributed by atoms with Crippen LogP contribution in [0.15, 0.2) is 16.8 Å². The summed E-state index contributed by atoms with van der Waals surface area (Å²) in [5, 5.41) is 3.20. The Balaban J connectivity index is 2.48. The van der Waals surface area contributed by atoms with Crippen molar-refractivity contribution in [2.75, 3.05) is 0 Å². The van der Waals surface area contributed by atoms with Crippen molar-refractivity contribution in [3.8, 4) is 5.75 Å². The van der Waals surface area contributed by atoms with Crippen LogP contribution in [0, 0.1) is 0 Å². The zero-order chi connectivity index (χ0) is 6.69. The molecule has 0 aromatic carbocycles. The quantitative estimate of drug-likeness (QED) is 0.628. The molecule has 0 amide bonds. The molecular formula is C5H4F2OS. The second-order valence-corrected chi connectivity index (χ2v) is 2.12. The minimum absolute atomic E-state index is 0.231. The second-order valence-electron chi connectivity index (χ2n) is 1.34. The van der Waals surface area contributed by atoms with Crippen LogP contribution in [0.25, 0.3) is 0 Å². The van der Waals surface area contributed by atoms with Gasteiger partial charge in [-0.05, 0) is 11.4 Å². The molecule has 1 aromatic rings. The summed E-state index contributed by atoms with van der Waals surface area (Å²) in [7, 11) is 0. The predicted octanol–water partition coefficient (Wildman–Crippen LogP) is 2.35. The second kappa shape index (κ2) is 2.77. The van der Waals surface area contributed by atoms with Crippen LogP contribution < -0.4 is 4.74 Å². The Morgan fingerprint density at radius 1 is 1.56 bits per heavy atom. The number of alkyl halides is 2. The van der Waals surface area contributed by atoms with Gasteiger partial charge in [-0.2, -0.15) is 8.78 Å². The van der Waals surface area contributed by atoms with Crippen LogP contribution >= 0.6 is 11.3 Å². The van der Waals surface area contributed by atoms with Crippen molar-refractivity contribution in [3.05, 3.63) is 16.8 Å². The summed E-state index contributed by atoms with van der Waals surface area (Å²) >= 11 is 1.32. The van der Waals surface area contributed by atoms with E-state index in [2.05, 4.69) is 4.74 Å². The maximum absolute atomic E-state index is 11.4. The van der Waals surface area contributed by atoms with Crippen molar-refractivity contribution in [1.82, 2.24) is 0 Å². The van der Waals surface area contributed by atoms with Crippen LogP contribution in [0.4, 0.5) is 8.78 Å². The van der Waals surface area contributed by atoms with Gasteiger partial charge in [0, 0.05) is 5.38 Å². The van der Waals surface area contributed by atoms with Crippen molar-refractivity contribution >= 4 is 11.3 Å². The first-order chi connectivity index (χ1) is 4.29. The third-order valence-electron chi connectivity index (χ3n) is 0.720. The van der Waals surface area contributed by atoms with E-state index in [4.69, 9.17) is 0 Å². The third-order valence-corrected chi connectivity index (χ3v) is 1.38. The SMILES string of the molecule is FC(F)Oc1ccsc1. The minimum atomic E-state index is -2.71. The van der Waals surface area contributed by atoms with E-state index >= 15 is 0 Å². The lowest BCUT2D eigenvalue weighted by molar-refractivity contribution is -0.0495. The van der Waals surface area contributed by atoms with Gasteiger partial charge in [-0.25, -0.2) is 0 Å². The van der Waals surface area contributed by atoms with Crippen LogP contribution in [0.5, 0.6) is 5.75 Å². The molecule has 0 atom stereocenters. The zero-order valence-electron chi connectivity index (χ0n) is 4.38. The van der Waals surface area contributed by atoms with Gasteiger partial charge in [0.2, 0.25) is 0 Å². The maximum atomic E-state index is 11.4. The van der Waals surface area contributed by atoms with Crippen LogP contribution in [-0.4, -0.2) is 6.61 Å². The summed E-state index contributed by atoms with van der Waals surface area (Å²) in [4.78, 5) is 0. The molecule has 0 N–H and O–H groups in total. The molecule has 1 aromatic heterocycles. The standard InChI is InChI=1S/C5H4F2OS/c6-5(7)8-4-1-2-9-3-4/h1-3,5H. The summed E-state index contributed by atoms with van der Waals surface area (Å²) in [6.45, 7) is -2.71. The molecule has 0 radical (unpaired) electrons. The number of thiophene rings is 1. The normalized spacial score (nSPS) is 10.1. The van der Waals surface area contributed by atoms with E-state index < -0.39 is 6.61 Å². The Kier molecular flexibility index (Phi) is 2.00. The van der Waals surface area contributed by atoms with Crippen molar-refractivity contribution in [2.45, 2.75) is 6.61 Å². The summed E-state index contributed by atoms with van der Waals surface area (Å²) in [5.41, 5.74) is 0. The van der Waals surface area contributed by atoms with Gasteiger partial charge in [-0.3, -0.25) is 0 Å². The van der Waals surface area contributed by atoms with Crippen LogP contribution in [-0.2, 0) is 0 Å². The first-order valence-electron chi connectivity index (χ1n) is 2.26. The topological polar surface area (TPSA) is 9.23 Å². The molecule has 9 heavy (non-hydrogen) atoms. The fourth-order valence-corrected chi connectivity index (χ4v) is 0.981. The highest BCUT2D eigenvalue weighted by molar-refractivity contribution is 7.08. The molecule has 1 heterocycles. The first-order valence-corrected chi connectivity index (χ1v) is 3.20. The van der Waals surface area contributed by atoms with Gasteiger partial charge in [-0.15, -0.1) is 11.3 Å². The van der Waals surface area contributed by atoms with Crippen molar-refractivity contribution in [1.29, 1.82) is 0 Å². The number of rotatable bonds is 2. The number of hydrogen-bond acceptors (Lipinski definition) is 2. The Morgan fingerprint density at radius 2 is 2.33 bits per heavy atom. The number of ether oxygens (including phenoxy) is 1. The predicted molar refractivity (Wildman–Crippen MR) is 31.0 cm³/mol. The van der Waals surface area contributed by atoms with Crippen LogP contribution in [0.3, 0.4) is 0 Å². The summed E-state index contributed by atoms with van der Waals surface area (Å²) in [5.74, 6) is 0.231. The summed E-state index contributed by atoms with van der Waals surface area (Å²) in [6, 6.07) is 1.50. The molecule has 50 valence electrons. The highest BCUT2D eigenvalue weighted by Crippen LogP contribution is 2.16. The molecule has 0 fully saturated rings. The van der Waals surface area contributed by atoms with E-state index in [9.17, 15) is 8.78 Å². The maximum Gasteiger partial charge on any atom is 0.387 e. The van der Waals surface area contributed by atoms with Gasteiger partial charge in [0.25, 0.3) is 0 Å². The lowest BCUT2D eigenvalue weighted by atomic mass is 10.6. The Morgan fingerprint density at radius 3 is 2.78 bits per heavy atom. The van der Waals surface area contributed by atoms with Crippen molar-refractivity contribution < 1.29 is 13.5 Å². The third kappa shape index (κ3) is 1.97. The number of hydrogen-bond donors (Lipinski definition) is 0. The van der Waals surface area contributed by atoms with Gasteiger partial charge >= 0.3 is 6.61 Å². The fraction of sp³-hybridized carbons (Fsp3) is 0.200. The van der Waals surface area contributed by atoms with Crippen molar-refractivity contribution in [2.24, 2.45) is 0 Å². The minimum Gasteiger partial charge on any atom is -0.434 e. The summed E-state index contributed by atoms with van der Waals surface area (Å²) < 4.78 is 26.8. The largest absolute Gasteiger partial charge is 0.434 e.